The maximum atomic E-state index is 14.4. The highest BCUT2D eigenvalue weighted by Gasteiger charge is 2.49. The van der Waals surface area contributed by atoms with Crippen LogP contribution in [-0.4, -0.2) is 60.9 Å². The molecule has 1 heterocycles. The van der Waals surface area contributed by atoms with E-state index in [1.165, 1.54) is 36.4 Å². The molecule has 1 fully saturated rings. The summed E-state index contributed by atoms with van der Waals surface area (Å²) >= 11 is 0. The van der Waals surface area contributed by atoms with Crippen molar-refractivity contribution in [3.05, 3.63) is 59.2 Å². The third kappa shape index (κ3) is 7.36. The van der Waals surface area contributed by atoms with E-state index in [9.17, 15) is 31.5 Å². The number of likely N-dealkylation sites (tertiary alicyclic amines) is 1. The number of halogens is 5. The van der Waals surface area contributed by atoms with Crippen molar-refractivity contribution < 1.29 is 36.3 Å². The van der Waals surface area contributed by atoms with Gasteiger partial charge in [0.15, 0.2) is 0 Å². The number of nitrogens with one attached hydrogen (secondary N) is 2. The van der Waals surface area contributed by atoms with Crippen molar-refractivity contribution >= 4 is 12.0 Å². The number of piperidine rings is 1. The van der Waals surface area contributed by atoms with Gasteiger partial charge >= 0.3 is 12.3 Å². The number of hydrogen-bond donors (Lipinski definition) is 2. The van der Waals surface area contributed by atoms with Gasteiger partial charge in [0.05, 0.1) is 0 Å². The highest BCUT2D eigenvalue weighted by molar-refractivity contribution is 6.00. The van der Waals surface area contributed by atoms with Gasteiger partial charge in [-0.1, -0.05) is 18.6 Å². The van der Waals surface area contributed by atoms with Crippen LogP contribution in [0.1, 0.15) is 64.0 Å². The van der Waals surface area contributed by atoms with Crippen LogP contribution in [0.3, 0.4) is 0 Å². The third-order valence-electron chi connectivity index (χ3n) is 7.59. The van der Waals surface area contributed by atoms with E-state index in [0.29, 0.717) is 30.5 Å². The number of alkyl halides is 3. The van der Waals surface area contributed by atoms with Crippen molar-refractivity contribution in [1.29, 1.82) is 0 Å². The summed E-state index contributed by atoms with van der Waals surface area (Å²) in [4.78, 5) is 27.8. The van der Waals surface area contributed by atoms with Crippen LogP contribution in [0.4, 0.5) is 26.7 Å². The van der Waals surface area contributed by atoms with Gasteiger partial charge in [0.2, 0.25) is 5.91 Å². The molecule has 11 heteroatoms. The number of hydrogen-bond acceptors (Lipinski definition) is 4. The van der Waals surface area contributed by atoms with E-state index in [1.54, 1.807) is 20.8 Å². The quantitative estimate of drug-likeness (QED) is 0.293. The fourth-order valence-electron chi connectivity index (χ4n) is 5.81. The monoisotopic (exact) mass is 581 g/mol. The lowest BCUT2D eigenvalue weighted by Crippen LogP contribution is -2.47. The average Bonchev–Trinajstić information content (AvgIpc) is 3.13. The minimum atomic E-state index is -4.64. The topological polar surface area (TPSA) is 70.7 Å². The van der Waals surface area contributed by atoms with Crippen molar-refractivity contribution in [2.75, 3.05) is 26.2 Å². The van der Waals surface area contributed by atoms with E-state index in [2.05, 4.69) is 10.2 Å². The number of carbonyl (C=O) groups excluding carboxylic acids is 2. The third-order valence-corrected chi connectivity index (χ3v) is 7.59. The van der Waals surface area contributed by atoms with Gasteiger partial charge in [-0.15, -0.1) is 0 Å². The van der Waals surface area contributed by atoms with Gasteiger partial charge in [-0.2, -0.15) is 13.2 Å². The summed E-state index contributed by atoms with van der Waals surface area (Å²) in [6.07, 6.45) is -2.48. The second kappa shape index (κ2) is 12.0. The van der Waals surface area contributed by atoms with E-state index >= 15 is 0 Å². The minimum absolute atomic E-state index is 0.00187. The maximum absolute atomic E-state index is 14.4. The van der Waals surface area contributed by atoms with Gasteiger partial charge < -0.3 is 20.3 Å². The van der Waals surface area contributed by atoms with Crippen molar-refractivity contribution in [3.8, 4) is 11.1 Å². The van der Waals surface area contributed by atoms with Crippen LogP contribution < -0.4 is 10.6 Å². The van der Waals surface area contributed by atoms with E-state index < -0.39 is 47.4 Å². The smallest absolute Gasteiger partial charge is 0.407 e. The van der Waals surface area contributed by atoms with Gasteiger partial charge in [-0.05, 0) is 99.5 Å². The molecule has 0 aromatic heterocycles. The van der Waals surface area contributed by atoms with Crippen LogP contribution in [0.5, 0.6) is 0 Å². The number of rotatable bonds is 8. The Kier molecular flexibility index (Phi) is 8.96. The molecule has 2 N–H and O–H groups in total. The highest BCUT2D eigenvalue weighted by Crippen LogP contribution is 2.52. The molecule has 1 aliphatic heterocycles. The van der Waals surface area contributed by atoms with E-state index in [0.717, 1.165) is 25.9 Å². The summed E-state index contributed by atoms with van der Waals surface area (Å²) < 4.78 is 73.4. The number of carbonyl (C=O) groups is 2. The minimum Gasteiger partial charge on any atom is -0.444 e. The molecule has 1 saturated heterocycles. The SMILES string of the molecule is CC(C)(C)OC(=O)NC1CCN(CCCCC2(C(=O)NCC(F)(F)F)c3cc(F)ccc3-c3ccc(F)cc32)CC1. The number of alkyl carbamates (subject to hydrolysis) is 1. The number of fused-ring (bicyclic) bond motifs is 3. The van der Waals surface area contributed by atoms with Crippen LogP contribution in [0.15, 0.2) is 36.4 Å². The molecule has 224 valence electrons. The Morgan fingerprint density at radius 3 is 2.02 bits per heavy atom. The van der Waals surface area contributed by atoms with Gasteiger partial charge in [0.1, 0.15) is 29.2 Å². The van der Waals surface area contributed by atoms with Gasteiger partial charge in [-0.3, -0.25) is 4.79 Å². The first-order valence-electron chi connectivity index (χ1n) is 13.9. The number of unbranched alkanes of at least 4 members (excludes halogenated alkanes) is 1. The summed E-state index contributed by atoms with van der Waals surface area (Å²) in [6.45, 7) is 6.00. The molecular weight excluding hydrogens is 545 g/mol. The lowest BCUT2D eigenvalue weighted by molar-refractivity contribution is -0.141. The van der Waals surface area contributed by atoms with Crippen molar-refractivity contribution in [1.82, 2.24) is 15.5 Å². The Morgan fingerprint density at radius 2 is 1.51 bits per heavy atom. The van der Waals surface area contributed by atoms with E-state index in [1.807, 2.05) is 5.32 Å². The Morgan fingerprint density at radius 1 is 0.951 bits per heavy atom. The van der Waals surface area contributed by atoms with Gasteiger partial charge in [0, 0.05) is 19.1 Å². The molecule has 0 bridgehead atoms. The first kappa shape index (κ1) is 30.7. The summed E-state index contributed by atoms with van der Waals surface area (Å²) in [5.74, 6) is -2.19. The molecule has 2 aliphatic rings. The lowest BCUT2D eigenvalue weighted by atomic mass is 9.73. The number of ether oxygens (including phenoxy) is 1. The van der Waals surface area contributed by atoms with E-state index in [4.69, 9.17) is 4.74 Å². The molecule has 1 aliphatic carbocycles. The number of nitrogens with zero attached hydrogens (tertiary/aromatic N) is 1. The van der Waals surface area contributed by atoms with Crippen LogP contribution in [0.2, 0.25) is 0 Å². The van der Waals surface area contributed by atoms with Crippen LogP contribution in [0.25, 0.3) is 11.1 Å². The Labute approximate surface area is 236 Å². The summed E-state index contributed by atoms with van der Waals surface area (Å²) in [5.41, 5.74) is -0.751. The first-order chi connectivity index (χ1) is 19.2. The lowest BCUT2D eigenvalue weighted by Gasteiger charge is -2.34. The van der Waals surface area contributed by atoms with Crippen molar-refractivity contribution in [3.63, 3.8) is 0 Å². The maximum Gasteiger partial charge on any atom is 0.407 e. The van der Waals surface area contributed by atoms with E-state index in [-0.39, 0.29) is 23.6 Å². The molecule has 4 rings (SSSR count). The largest absolute Gasteiger partial charge is 0.444 e. The molecule has 2 aromatic rings. The van der Waals surface area contributed by atoms with Gasteiger partial charge in [-0.25, -0.2) is 13.6 Å². The molecule has 2 aromatic carbocycles. The average molecular weight is 582 g/mol. The van der Waals surface area contributed by atoms with Crippen molar-refractivity contribution in [2.24, 2.45) is 0 Å². The summed E-state index contributed by atoms with van der Waals surface area (Å²) in [5, 5.41) is 4.88. The standard InChI is InChI=1S/C30H36F5N3O3/c1-28(2,3)41-27(40)37-21-10-14-38(15-11-21)13-5-4-12-29(26(39)36-18-30(33,34)35)24-16-19(31)6-8-22(24)23-9-7-20(32)17-25(23)29/h6-9,16-17,21H,4-5,10-15,18H2,1-3H3,(H,36,39)(H,37,40). The van der Waals surface area contributed by atoms with Crippen LogP contribution in [-0.2, 0) is 14.9 Å². The summed E-state index contributed by atoms with van der Waals surface area (Å²) in [6, 6.07) is 7.74. The van der Waals surface area contributed by atoms with Crippen LogP contribution in [0, 0.1) is 11.6 Å². The summed E-state index contributed by atoms with van der Waals surface area (Å²) in [7, 11) is 0. The Balaban J connectivity index is 1.45. The Bertz CT molecular complexity index is 1220. The fraction of sp³-hybridized carbons (Fsp3) is 0.533. The predicted molar refractivity (Wildman–Crippen MR) is 144 cm³/mol. The fourth-order valence-corrected chi connectivity index (χ4v) is 5.81. The Hall–Kier alpha value is -3.21. The zero-order chi connectivity index (χ0) is 30.0. The van der Waals surface area contributed by atoms with Crippen molar-refractivity contribution in [2.45, 2.75) is 76.1 Å². The second-order valence-electron chi connectivity index (χ2n) is 11.8. The van der Waals surface area contributed by atoms with Crippen LogP contribution >= 0.6 is 0 Å². The second-order valence-corrected chi connectivity index (χ2v) is 11.8. The molecule has 0 spiro atoms. The zero-order valence-corrected chi connectivity index (χ0v) is 23.5. The molecule has 2 amide bonds. The number of benzene rings is 2. The molecule has 6 nitrogen and oxygen atoms in total. The first-order valence-corrected chi connectivity index (χ1v) is 13.9. The molecule has 0 unspecified atom stereocenters. The molecule has 41 heavy (non-hydrogen) atoms. The van der Waals surface area contributed by atoms with Gasteiger partial charge in [0.25, 0.3) is 0 Å². The molecule has 0 saturated carbocycles. The highest BCUT2D eigenvalue weighted by atomic mass is 19.4. The molecular formula is C30H36F5N3O3. The molecule has 0 atom stereocenters. The zero-order valence-electron chi connectivity index (χ0n) is 23.5. The molecule has 0 radical (unpaired) electrons. The normalized spacial score (nSPS) is 17.1. The number of amides is 2. The predicted octanol–water partition coefficient (Wildman–Crippen LogP) is 6.07.